The molecule has 2 amide bonds. The van der Waals surface area contributed by atoms with Crippen molar-refractivity contribution in [1.29, 1.82) is 0 Å². The zero-order valence-electron chi connectivity index (χ0n) is 22.1. The fourth-order valence-corrected chi connectivity index (χ4v) is 5.95. The standard InChI is InChI=1S/C28H29Cl4N3O4S/c1-18(2)33-28(37)26(12-19-8-5-4-6-9-19)34(16-23-24(31)10-7-11-25(23)32)27(36)17-35(40(3,38)39)22-14-20(29)13-21(30)15-22/h4-11,13-15,18,26H,12,16-17H2,1-3H3,(H,33,37)/t26-/m1/s1. The molecule has 3 rings (SSSR count). The molecule has 0 saturated carbocycles. The monoisotopic (exact) mass is 643 g/mol. The lowest BCUT2D eigenvalue weighted by molar-refractivity contribution is -0.140. The van der Waals surface area contributed by atoms with Crippen LogP contribution in [-0.2, 0) is 32.6 Å². The average molecular weight is 645 g/mol. The zero-order chi connectivity index (χ0) is 29.6. The minimum absolute atomic E-state index is 0.107. The maximum atomic E-state index is 14.1. The molecule has 0 fully saturated rings. The Morgan fingerprint density at radius 1 is 0.875 bits per heavy atom. The number of hydrogen-bond donors (Lipinski definition) is 1. The summed E-state index contributed by atoms with van der Waals surface area (Å²) in [5.41, 5.74) is 1.33. The maximum absolute atomic E-state index is 14.1. The summed E-state index contributed by atoms with van der Waals surface area (Å²) in [6, 6.07) is 17.1. The van der Waals surface area contributed by atoms with Crippen molar-refractivity contribution < 1.29 is 18.0 Å². The van der Waals surface area contributed by atoms with Crippen LogP contribution in [0.15, 0.2) is 66.7 Å². The zero-order valence-corrected chi connectivity index (χ0v) is 25.9. The highest BCUT2D eigenvalue weighted by Crippen LogP contribution is 2.29. The van der Waals surface area contributed by atoms with Crippen LogP contribution >= 0.6 is 46.4 Å². The van der Waals surface area contributed by atoms with Crippen LogP contribution in [0.4, 0.5) is 5.69 Å². The van der Waals surface area contributed by atoms with Crippen molar-refractivity contribution in [1.82, 2.24) is 10.2 Å². The number of rotatable bonds is 11. The van der Waals surface area contributed by atoms with E-state index in [0.717, 1.165) is 16.1 Å². The number of benzene rings is 3. The van der Waals surface area contributed by atoms with E-state index in [2.05, 4.69) is 5.32 Å². The molecular weight excluding hydrogens is 616 g/mol. The van der Waals surface area contributed by atoms with E-state index in [9.17, 15) is 18.0 Å². The van der Waals surface area contributed by atoms with E-state index in [-0.39, 0.29) is 34.7 Å². The van der Waals surface area contributed by atoms with Gasteiger partial charge in [0.1, 0.15) is 12.6 Å². The van der Waals surface area contributed by atoms with Crippen LogP contribution in [0.2, 0.25) is 20.1 Å². The summed E-state index contributed by atoms with van der Waals surface area (Å²) in [7, 11) is -3.98. The largest absolute Gasteiger partial charge is 0.352 e. The fourth-order valence-electron chi connectivity index (χ4n) is 4.09. The molecule has 0 saturated heterocycles. The maximum Gasteiger partial charge on any atom is 0.244 e. The Labute approximate surface area is 255 Å². The van der Waals surface area contributed by atoms with E-state index < -0.39 is 34.4 Å². The summed E-state index contributed by atoms with van der Waals surface area (Å²) in [6.07, 6.45) is 1.13. The molecule has 0 aliphatic carbocycles. The molecule has 0 heterocycles. The van der Waals surface area contributed by atoms with Crippen LogP contribution in [-0.4, -0.2) is 50.0 Å². The van der Waals surface area contributed by atoms with Gasteiger partial charge in [-0.1, -0.05) is 82.8 Å². The van der Waals surface area contributed by atoms with Gasteiger partial charge in [-0.15, -0.1) is 0 Å². The lowest BCUT2D eigenvalue weighted by Crippen LogP contribution is -2.54. The summed E-state index contributed by atoms with van der Waals surface area (Å²) < 4.78 is 26.6. The molecule has 12 heteroatoms. The molecular formula is C28H29Cl4N3O4S. The first kappa shape index (κ1) is 32.0. The van der Waals surface area contributed by atoms with Gasteiger partial charge in [0, 0.05) is 44.7 Å². The second-order valence-electron chi connectivity index (χ2n) is 9.49. The third kappa shape index (κ3) is 8.75. The predicted octanol–water partition coefficient (Wildman–Crippen LogP) is 6.23. The molecule has 0 aliphatic heterocycles. The summed E-state index contributed by atoms with van der Waals surface area (Å²) in [6.45, 7) is 2.85. The first-order valence-electron chi connectivity index (χ1n) is 12.3. The van der Waals surface area contributed by atoms with Crippen molar-refractivity contribution in [3.05, 3.63) is 97.9 Å². The number of sulfonamides is 1. The van der Waals surface area contributed by atoms with Gasteiger partial charge in [-0.3, -0.25) is 13.9 Å². The second-order valence-corrected chi connectivity index (χ2v) is 13.1. The fraction of sp³-hybridized carbons (Fsp3) is 0.286. The second kappa shape index (κ2) is 13.9. The number of amides is 2. The minimum Gasteiger partial charge on any atom is -0.352 e. The van der Waals surface area contributed by atoms with Crippen LogP contribution < -0.4 is 9.62 Å². The number of anilines is 1. The Balaban J connectivity index is 2.12. The quantitative estimate of drug-likeness (QED) is 0.268. The summed E-state index contributed by atoms with van der Waals surface area (Å²) in [4.78, 5) is 29.0. The molecule has 0 spiro atoms. The first-order valence-corrected chi connectivity index (χ1v) is 15.6. The van der Waals surface area contributed by atoms with Gasteiger partial charge in [-0.05, 0) is 49.7 Å². The molecule has 3 aromatic carbocycles. The molecule has 0 aliphatic rings. The third-order valence-electron chi connectivity index (χ3n) is 5.91. The summed E-state index contributed by atoms with van der Waals surface area (Å²) in [5, 5.41) is 3.87. The van der Waals surface area contributed by atoms with Crippen molar-refractivity contribution in [2.24, 2.45) is 0 Å². The van der Waals surface area contributed by atoms with Crippen LogP contribution in [0.1, 0.15) is 25.0 Å². The van der Waals surface area contributed by atoms with Crippen LogP contribution in [0.5, 0.6) is 0 Å². The van der Waals surface area contributed by atoms with Crippen LogP contribution in [0.3, 0.4) is 0 Å². The Morgan fingerprint density at radius 3 is 1.98 bits per heavy atom. The van der Waals surface area contributed by atoms with Crippen molar-refractivity contribution in [3.8, 4) is 0 Å². The topological polar surface area (TPSA) is 86.8 Å². The van der Waals surface area contributed by atoms with Gasteiger partial charge < -0.3 is 10.2 Å². The number of halogens is 4. The van der Waals surface area contributed by atoms with E-state index in [0.29, 0.717) is 15.6 Å². The highest BCUT2D eigenvalue weighted by atomic mass is 35.5. The Kier molecular flexibility index (Phi) is 11.1. The number of hydrogen-bond acceptors (Lipinski definition) is 4. The Hall–Kier alpha value is -2.49. The summed E-state index contributed by atoms with van der Waals surface area (Å²) >= 11 is 25.2. The average Bonchev–Trinajstić information content (AvgIpc) is 2.85. The van der Waals surface area contributed by atoms with Gasteiger partial charge in [0.25, 0.3) is 0 Å². The van der Waals surface area contributed by atoms with E-state index >= 15 is 0 Å². The molecule has 0 radical (unpaired) electrons. The van der Waals surface area contributed by atoms with Crippen molar-refractivity contribution >= 4 is 73.9 Å². The Bertz CT molecular complexity index is 1430. The van der Waals surface area contributed by atoms with Crippen molar-refractivity contribution in [2.75, 3.05) is 17.1 Å². The van der Waals surface area contributed by atoms with Gasteiger partial charge in [0.15, 0.2) is 0 Å². The molecule has 40 heavy (non-hydrogen) atoms. The SMILES string of the molecule is CC(C)NC(=O)[C@@H](Cc1ccccc1)N(Cc1c(Cl)cccc1Cl)C(=O)CN(c1cc(Cl)cc(Cl)c1)S(C)(=O)=O. The molecule has 7 nitrogen and oxygen atoms in total. The smallest absolute Gasteiger partial charge is 0.244 e. The number of nitrogens with zero attached hydrogens (tertiary/aromatic N) is 2. The molecule has 214 valence electrons. The number of nitrogens with one attached hydrogen (secondary N) is 1. The van der Waals surface area contributed by atoms with Gasteiger partial charge in [0.05, 0.1) is 11.9 Å². The van der Waals surface area contributed by atoms with E-state index in [4.69, 9.17) is 46.4 Å². The van der Waals surface area contributed by atoms with Crippen molar-refractivity contribution in [2.45, 2.75) is 38.9 Å². The first-order chi connectivity index (χ1) is 18.8. The van der Waals surface area contributed by atoms with E-state index in [1.807, 2.05) is 44.2 Å². The lowest BCUT2D eigenvalue weighted by atomic mass is 10.0. The van der Waals surface area contributed by atoms with Gasteiger partial charge in [-0.25, -0.2) is 8.42 Å². The van der Waals surface area contributed by atoms with Gasteiger partial charge in [0.2, 0.25) is 21.8 Å². The Morgan fingerprint density at radius 2 is 1.45 bits per heavy atom. The number of carbonyl (C=O) groups excluding carboxylic acids is 2. The van der Waals surface area contributed by atoms with E-state index in [1.165, 1.54) is 23.1 Å². The van der Waals surface area contributed by atoms with Crippen LogP contribution in [0, 0.1) is 0 Å². The van der Waals surface area contributed by atoms with Crippen molar-refractivity contribution in [3.63, 3.8) is 0 Å². The van der Waals surface area contributed by atoms with E-state index in [1.54, 1.807) is 18.2 Å². The molecule has 3 aromatic rings. The molecule has 0 unspecified atom stereocenters. The molecule has 1 atom stereocenters. The van der Waals surface area contributed by atoms with Gasteiger partial charge in [-0.2, -0.15) is 0 Å². The normalized spacial score (nSPS) is 12.2. The number of carbonyl (C=O) groups is 2. The van der Waals surface area contributed by atoms with Gasteiger partial charge >= 0.3 is 0 Å². The molecule has 1 N–H and O–H groups in total. The predicted molar refractivity (Wildman–Crippen MR) is 163 cm³/mol. The highest BCUT2D eigenvalue weighted by molar-refractivity contribution is 7.92. The molecule has 0 bridgehead atoms. The highest BCUT2D eigenvalue weighted by Gasteiger charge is 2.34. The minimum atomic E-state index is -3.98. The lowest BCUT2D eigenvalue weighted by Gasteiger charge is -2.34. The summed E-state index contributed by atoms with van der Waals surface area (Å²) in [5.74, 6) is -1.07. The molecule has 0 aromatic heterocycles. The van der Waals surface area contributed by atoms with Crippen LogP contribution in [0.25, 0.3) is 0 Å². The third-order valence-corrected chi connectivity index (χ3v) is 8.19.